The van der Waals surface area contributed by atoms with Gasteiger partial charge in [-0.25, -0.2) is 15.0 Å². The summed E-state index contributed by atoms with van der Waals surface area (Å²) in [4.78, 5) is 13.4. The highest BCUT2D eigenvalue weighted by Gasteiger charge is 2.11. The summed E-state index contributed by atoms with van der Waals surface area (Å²) < 4.78 is 0. The zero-order chi connectivity index (χ0) is 14.8. The molecule has 2 heterocycles. The van der Waals surface area contributed by atoms with Gasteiger partial charge in [0.1, 0.15) is 5.69 Å². The van der Waals surface area contributed by atoms with Crippen LogP contribution >= 0.6 is 11.6 Å². The van der Waals surface area contributed by atoms with Crippen molar-refractivity contribution >= 4 is 11.6 Å². The van der Waals surface area contributed by atoms with Gasteiger partial charge in [-0.2, -0.15) is 0 Å². The van der Waals surface area contributed by atoms with E-state index < -0.39 is 0 Å². The van der Waals surface area contributed by atoms with Gasteiger partial charge in [-0.1, -0.05) is 35.9 Å². The van der Waals surface area contributed by atoms with Crippen LogP contribution in [0.25, 0.3) is 22.8 Å². The van der Waals surface area contributed by atoms with Gasteiger partial charge in [-0.15, -0.1) is 0 Å². The van der Waals surface area contributed by atoms with Crippen molar-refractivity contribution in [2.45, 2.75) is 13.8 Å². The fourth-order valence-corrected chi connectivity index (χ4v) is 2.38. The van der Waals surface area contributed by atoms with Crippen molar-refractivity contribution in [2.75, 3.05) is 0 Å². The summed E-state index contributed by atoms with van der Waals surface area (Å²) >= 11 is 6.28. The maximum absolute atomic E-state index is 6.28. The van der Waals surface area contributed by atoms with Crippen LogP contribution < -0.4 is 0 Å². The molecule has 21 heavy (non-hydrogen) atoms. The lowest BCUT2D eigenvalue weighted by Crippen LogP contribution is -1.96. The summed E-state index contributed by atoms with van der Waals surface area (Å²) in [6.45, 7) is 3.96. The van der Waals surface area contributed by atoms with E-state index in [9.17, 15) is 0 Å². The van der Waals surface area contributed by atoms with Crippen molar-refractivity contribution in [1.82, 2.24) is 15.0 Å². The molecule has 0 atom stereocenters. The fourth-order valence-electron chi connectivity index (χ4n) is 2.15. The number of aromatic nitrogens is 3. The van der Waals surface area contributed by atoms with Gasteiger partial charge in [0.25, 0.3) is 0 Å². The van der Waals surface area contributed by atoms with Crippen LogP contribution in [0, 0.1) is 13.8 Å². The van der Waals surface area contributed by atoms with Crippen LogP contribution in [0.5, 0.6) is 0 Å². The first kappa shape index (κ1) is 13.7. The molecule has 0 bridgehead atoms. The van der Waals surface area contributed by atoms with Crippen LogP contribution in [0.15, 0.2) is 48.7 Å². The van der Waals surface area contributed by atoms with E-state index in [1.54, 1.807) is 6.20 Å². The Morgan fingerprint density at radius 3 is 2.48 bits per heavy atom. The van der Waals surface area contributed by atoms with Gasteiger partial charge >= 0.3 is 0 Å². The van der Waals surface area contributed by atoms with Gasteiger partial charge in [-0.3, -0.25) is 0 Å². The first-order valence-electron chi connectivity index (χ1n) is 6.68. The monoisotopic (exact) mass is 295 g/mol. The van der Waals surface area contributed by atoms with Crippen molar-refractivity contribution in [3.8, 4) is 22.8 Å². The van der Waals surface area contributed by atoms with E-state index in [-0.39, 0.29) is 0 Å². The first-order chi connectivity index (χ1) is 10.1. The van der Waals surface area contributed by atoms with E-state index in [0.29, 0.717) is 10.8 Å². The summed E-state index contributed by atoms with van der Waals surface area (Å²) in [7, 11) is 0. The summed E-state index contributed by atoms with van der Waals surface area (Å²) in [5, 5.41) is 0.690. The molecule has 3 rings (SSSR count). The van der Waals surface area contributed by atoms with Gasteiger partial charge in [0, 0.05) is 22.5 Å². The van der Waals surface area contributed by atoms with Crippen molar-refractivity contribution in [3.63, 3.8) is 0 Å². The molecule has 0 spiro atoms. The lowest BCUT2D eigenvalue weighted by Gasteiger charge is -2.09. The number of hydrogen-bond donors (Lipinski definition) is 0. The van der Waals surface area contributed by atoms with Gasteiger partial charge in [0.2, 0.25) is 0 Å². The van der Waals surface area contributed by atoms with Gasteiger partial charge in [0.05, 0.1) is 5.69 Å². The van der Waals surface area contributed by atoms with Crippen LogP contribution in [0.3, 0.4) is 0 Å². The molecule has 0 radical (unpaired) electrons. The normalized spacial score (nSPS) is 10.6. The van der Waals surface area contributed by atoms with Crippen LogP contribution in [0.2, 0.25) is 5.02 Å². The summed E-state index contributed by atoms with van der Waals surface area (Å²) in [5.74, 6) is 0.628. The zero-order valence-electron chi connectivity index (χ0n) is 11.8. The molecule has 0 aliphatic rings. The highest BCUT2D eigenvalue weighted by molar-refractivity contribution is 6.33. The number of nitrogens with zero attached hydrogens (tertiary/aromatic N) is 3. The highest BCUT2D eigenvalue weighted by Crippen LogP contribution is 2.29. The van der Waals surface area contributed by atoms with E-state index >= 15 is 0 Å². The predicted molar refractivity (Wildman–Crippen MR) is 85.2 cm³/mol. The molecular weight excluding hydrogens is 282 g/mol. The minimum Gasteiger partial charge on any atom is -0.244 e. The lowest BCUT2D eigenvalue weighted by molar-refractivity contribution is 1.09. The molecule has 0 aliphatic heterocycles. The third kappa shape index (κ3) is 2.78. The van der Waals surface area contributed by atoms with Gasteiger partial charge in [0.15, 0.2) is 5.82 Å². The summed E-state index contributed by atoms with van der Waals surface area (Å²) in [6, 6.07) is 13.5. The Labute approximate surface area is 128 Å². The minimum absolute atomic E-state index is 0.628. The Morgan fingerprint density at radius 1 is 0.905 bits per heavy atom. The van der Waals surface area contributed by atoms with Crippen LogP contribution in [-0.2, 0) is 0 Å². The summed E-state index contributed by atoms with van der Waals surface area (Å²) in [5.41, 5.74) is 4.52. The number of halogens is 1. The van der Waals surface area contributed by atoms with Crippen molar-refractivity contribution in [1.29, 1.82) is 0 Å². The number of aryl methyl sites for hydroxylation is 2. The van der Waals surface area contributed by atoms with Crippen molar-refractivity contribution in [3.05, 3.63) is 64.9 Å². The number of hydrogen-bond acceptors (Lipinski definition) is 3. The Kier molecular flexibility index (Phi) is 3.67. The van der Waals surface area contributed by atoms with E-state index in [1.165, 1.54) is 0 Å². The minimum atomic E-state index is 0.628. The summed E-state index contributed by atoms with van der Waals surface area (Å²) in [6.07, 6.45) is 1.74. The topological polar surface area (TPSA) is 38.7 Å². The molecule has 0 unspecified atom stereocenters. The second-order valence-corrected chi connectivity index (χ2v) is 5.27. The standard InChI is InChI=1S/C17H14ClN3/c1-11-7-8-15(17-19-10-9-12(2)20-17)21-16(11)13-5-3-4-6-14(13)18/h3-10H,1-2H3. The predicted octanol–water partition coefficient (Wildman–Crippen LogP) is 4.48. The Balaban J connectivity index is 2.15. The fraction of sp³-hybridized carbons (Fsp3) is 0.118. The average molecular weight is 296 g/mol. The Hall–Kier alpha value is -2.26. The Morgan fingerprint density at radius 2 is 1.71 bits per heavy atom. The third-order valence-electron chi connectivity index (χ3n) is 3.25. The second-order valence-electron chi connectivity index (χ2n) is 4.86. The molecule has 0 fully saturated rings. The van der Waals surface area contributed by atoms with Crippen LogP contribution in [-0.4, -0.2) is 15.0 Å². The molecule has 0 saturated carbocycles. The second kappa shape index (κ2) is 5.62. The van der Waals surface area contributed by atoms with E-state index in [2.05, 4.69) is 9.97 Å². The van der Waals surface area contributed by atoms with Crippen molar-refractivity contribution in [2.24, 2.45) is 0 Å². The number of pyridine rings is 1. The SMILES string of the molecule is Cc1ccnc(-c2ccc(C)c(-c3ccccc3Cl)n2)n1. The van der Waals surface area contributed by atoms with E-state index in [4.69, 9.17) is 16.6 Å². The molecule has 3 aromatic rings. The number of benzene rings is 1. The van der Waals surface area contributed by atoms with E-state index in [0.717, 1.165) is 28.2 Å². The smallest absolute Gasteiger partial charge is 0.178 e. The molecule has 0 amide bonds. The zero-order valence-corrected chi connectivity index (χ0v) is 12.6. The molecular formula is C17H14ClN3. The molecule has 0 aliphatic carbocycles. The lowest BCUT2D eigenvalue weighted by atomic mass is 10.1. The molecule has 3 nitrogen and oxygen atoms in total. The Bertz CT molecular complexity index is 800. The first-order valence-corrected chi connectivity index (χ1v) is 7.05. The number of rotatable bonds is 2. The molecule has 0 N–H and O–H groups in total. The van der Waals surface area contributed by atoms with Crippen LogP contribution in [0.1, 0.15) is 11.3 Å². The maximum Gasteiger partial charge on any atom is 0.178 e. The maximum atomic E-state index is 6.28. The quantitative estimate of drug-likeness (QED) is 0.700. The largest absolute Gasteiger partial charge is 0.244 e. The molecule has 2 aromatic heterocycles. The molecule has 104 valence electrons. The highest BCUT2D eigenvalue weighted by atomic mass is 35.5. The van der Waals surface area contributed by atoms with Crippen LogP contribution in [0.4, 0.5) is 0 Å². The van der Waals surface area contributed by atoms with Gasteiger partial charge < -0.3 is 0 Å². The average Bonchev–Trinajstić information content (AvgIpc) is 2.49. The molecule has 1 aromatic carbocycles. The third-order valence-corrected chi connectivity index (χ3v) is 3.58. The van der Waals surface area contributed by atoms with E-state index in [1.807, 2.05) is 56.3 Å². The molecule has 4 heteroatoms. The van der Waals surface area contributed by atoms with Gasteiger partial charge in [-0.05, 0) is 37.6 Å². The molecule has 0 saturated heterocycles. The van der Waals surface area contributed by atoms with Crippen molar-refractivity contribution < 1.29 is 0 Å².